The summed E-state index contributed by atoms with van der Waals surface area (Å²) < 4.78 is 13.4. The van der Waals surface area contributed by atoms with E-state index < -0.39 is 0 Å². The summed E-state index contributed by atoms with van der Waals surface area (Å²) in [5.41, 5.74) is 17.1. The molecule has 0 spiro atoms. The van der Waals surface area contributed by atoms with Crippen molar-refractivity contribution in [1.29, 1.82) is 5.26 Å². The van der Waals surface area contributed by atoms with Crippen LogP contribution < -0.4 is 9.80 Å². The fourth-order valence-electron chi connectivity index (χ4n) is 9.55. The van der Waals surface area contributed by atoms with E-state index >= 15 is 0 Å². The van der Waals surface area contributed by atoms with Gasteiger partial charge >= 0.3 is 0 Å². The highest BCUT2D eigenvalue weighted by Crippen LogP contribution is 2.46. The van der Waals surface area contributed by atoms with Gasteiger partial charge in [-0.1, -0.05) is 83.9 Å². The molecule has 0 unspecified atom stereocenters. The SMILES string of the molecule is Cc1ccc(N(c2ccc3cc4c(cc3c2)oc2cc(C#N)c3oc5cc6cc(N(c7ccc(C)cc7)c7c(C)cccc7C)ccc6cc5c3c24)c2c(C)cccc2C)cc1. The third-order valence-electron chi connectivity index (χ3n) is 12.6. The molecule has 0 aliphatic rings. The van der Waals surface area contributed by atoms with Gasteiger partial charge in [0, 0.05) is 50.4 Å². The van der Waals surface area contributed by atoms with Crippen molar-refractivity contribution in [3.05, 3.63) is 191 Å². The summed E-state index contributed by atoms with van der Waals surface area (Å²) in [5.74, 6) is 0. The van der Waals surface area contributed by atoms with Crippen LogP contribution in [0.1, 0.15) is 38.9 Å². The van der Waals surface area contributed by atoms with Gasteiger partial charge in [-0.25, -0.2) is 0 Å². The Hall–Kier alpha value is -7.81. The average Bonchev–Trinajstić information content (AvgIpc) is 3.81. The Morgan fingerprint density at radius 2 is 0.839 bits per heavy atom. The Labute approximate surface area is 360 Å². The van der Waals surface area contributed by atoms with E-state index in [2.05, 4.69) is 203 Å². The van der Waals surface area contributed by atoms with E-state index in [1.54, 1.807) is 0 Å². The molecule has 2 heterocycles. The first-order valence-electron chi connectivity index (χ1n) is 21.1. The Morgan fingerprint density at radius 3 is 1.31 bits per heavy atom. The molecule has 298 valence electrons. The molecule has 0 N–H and O–H groups in total. The number of aryl methyl sites for hydroxylation is 6. The lowest BCUT2D eigenvalue weighted by molar-refractivity contribution is 0.662. The number of hydrogen-bond donors (Lipinski definition) is 0. The van der Waals surface area contributed by atoms with Crippen LogP contribution in [0.4, 0.5) is 34.1 Å². The van der Waals surface area contributed by atoms with Crippen molar-refractivity contribution in [2.24, 2.45) is 0 Å². The summed E-state index contributed by atoms with van der Waals surface area (Å²) in [6.45, 7) is 12.9. The molecule has 0 amide bonds. The second-order valence-electron chi connectivity index (χ2n) is 16.9. The van der Waals surface area contributed by atoms with Crippen LogP contribution in [0, 0.1) is 52.9 Å². The molecule has 11 rings (SSSR count). The molecular formula is C57H43N3O2. The predicted octanol–water partition coefficient (Wildman–Crippen LogP) is 16.5. The van der Waals surface area contributed by atoms with Crippen molar-refractivity contribution in [2.45, 2.75) is 41.5 Å². The third-order valence-corrected chi connectivity index (χ3v) is 12.6. The zero-order valence-electron chi connectivity index (χ0n) is 35.6. The summed E-state index contributed by atoms with van der Waals surface area (Å²) in [5, 5.41) is 18.6. The minimum absolute atomic E-state index is 0.447. The van der Waals surface area contributed by atoms with Gasteiger partial charge in [-0.15, -0.1) is 0 Å². The number of para-hydroxylation sites is 2. The molecule has 0 aliphatic heterocycles. The van der Waals surface area contributed by atoms with Gasteiger partial charge in [-0.3, -0.25) is 0 Å². The zero-order chi connectivity index (χ0) is 42.4. The molecule has 11 aromatic rings. The molecule has 0 aliphatic carbocycles. The minimum atomic E-state index is 0.447. The van der Waals surface area contributed by atoms with E-state index in [0.29, 0.717) is 16.7 Å². The molecule has 62 heavy (non-hydrogen) atoms. The minimum Gasteiger partial charge on any atom is -0.456 e. The van der Waals surface area contributed by atoms with Crippen LogP contribution in [-0.4, -0.2) is 0 Å². The average molecular weight is 802 g/mol. The molecule has 0 bridgehead atoms. The van der Waals surface area contributed by atoms with Crippen LogP contribution >= 0.6 is 0 Å². The zero-order valence-corrected chi connectivity index (χ0v) is 35.6. The molecular weight excluding hydrogens is 759 g/mol. The summed E-state index contributed by atoms with van der Waals surface area (Å²) in [7, 11) is 0. The summed E-state index contributed by atoms with van der Waals surface area (Å²) in [6, 6.07) is 56.5. The second kappa shape index (κ2) is 14.1. The topological polar surface area (TPSA) is 56.6 Å². The molecule has 0 saturated carbocycles. The van der Waals surface area contributed by atoms with Crippen molar-refractivity contribution in [3.63, 3.8) is 0 Å². The summed E-state index contributed by atoms with van der Waals surface area (Å²) >= 11 is 0. The number of hydrogen-bond acceptors (Lipinski definition) is 5. The fraction of sp³-hybridized carbons (Fsp3) is 0.105. The van der Waals surface area contributed by atoms with E-state index in [9.17, 15) is 5.26 Å². The molecule has 5 heteroatoms. The first-order chi connectivity index (χ1) is 30.1. The maximum Gasteiger partial charge on any atom is 0.154 e. The number of nitriles is 1. The van der Waals surface area contributed by atoms with Gasteiger partial charge in [0.2, 0.25) is 0 Å². The van der Waals surface area contributed by atoms with E-state index in [-0.39, 0.29) is 0 Å². The number of anilines is 6. The van der Waals surface area contributed by atoms with Gasteiger partial charge < -0.3 is 18.6 Å². The van der Waals surface area contributed by atoms with Crippen LogP contribution in [0.3, 0.4) is 0 Å². The van der Waals surface area contributed by atoms with Crippen LogP contribution in [0.2, 0.25) is 0 Å². The smallest absolute Gasteiger partial charge is 0.154 e. The highest BCUT2D eigenvalue weighted by Gasteiger charge is 2.23. The molecule has 5 nitrogen and oxygen atoms in total. The number of rotatable bonds is 6. The summed E-state index contributed by atoms with van der Waals surface area (Å²) in [6.07, 6.45) is 0. The summed E-state index contributed by atoms with van der Waals surface area (Å²) in [4.78, 5) is 4.70. The lowest BCUT2D eigenvalue weighted by atomic mass is 9.98. The first-order valence-corrected chi connectivity index (χ1v) is 21.1. The number of nitrogens with zero attached hydrogens (tertiary/aromatic N) is 3. The van der Waals surface area contributed by atoms with E-state index in [4.69, 9.17) is 8.83 Å². The van der Waals surface area contributed by atoms with Crippen LogP contribution in [-0.2, 0) is 0 Å². The first kappa shape index (κ1) is 37.2. The van der Waals surface area contributed by atoms with E-state index in [1.807, 2.05) is 6.07 Å². The van der Waals surface area contributed by atoms with Crippen molar-refractivity contribution in [2.75, 3.05) is 9.80 Å². The van der Waals surface area contributed by atoms with Gasteiger partial charge in [-0.05, 0) is 158 Å². The van der Waals surface area contributed by atoms with Gasteiger partial charge in [0.1, 0.15) is 22.8 Å². The monoisotopic (exact) mass is 801 g/mol. The molecule has 0 atom stereocenters. The normalized spacial score (nSPS) is 11.7. The quantitative estimate of drug-likeness (QED) is 0.168. The molecule has 0 saturated heterocycles. The highest BCUT2D eigenvalue weighted by molar-refractivity contribution is 6.28. The lowest BCUT2D eigenvalue weighted by Gasteiger charge is -2.29. The highest BCUT2D eigenvalue weighted by atomic mass is 16.3. The Bertz CT molecular complexity index is 3620. The Kier molecular flexibility index (Phi) is 8.49. The predicted molar refractivity (Wildman–Crippen MR) is 259 cm³/mol. The maximum absolute atomic E-state index is 10.5. The molecule has 2 aromatic heterocycles. The standard InChI is InChI=1S/C57H43N3O2/c1-33-13-19-44(20-14-33)59(55-35(3)9-7-10-36(55)4)46-23-17-39-27-48-50(29-41(39)25-46)61-52-31-43(32-58)57-54(53(48)52)49-28-40-18-24-47(26-42(40)30-51(49)62-57)60(45-21-15-34(2)16-22-45)56-37(5)11-8-12-38(56)6/h7-31H,1-6H3. The number of fused-ring (bicyclic) bond motifs is 9. The molecule has 0 fully saturated rings. The molecule has 9 aromatic carbocycles. The lowest BCUT2D eigenvalue weighted by Crippen LogP contribution is -2.12. The van der Waals surface area contributed by atoms with Crippen molar-refractivity contribution in [3.8, 4) is 6.07 Å². The van der Waals surface area contributed by atoms with Crippen LogP contribution in [0.5, 0.6) is 0 Å². The Morgan fingerprint density at radius 1 is 0.403 bits per heavy atom. The Balaban J connectivity index is 1.08. The maximum atomic E-state index is 10.5. The number of benzene rings is 9. The van der Waals surface area contributed by atoms with Gasteiger partial charge in [-0.2, -0.15) is 5.26 Å². The molecule has 0 radical (unpaired) electrons. The van der Waals surface area contributed by atoms with Gasteiger partial charge in [0.15, 0.2) is 5.58 Å². The van der Waals surface area contributed by atoms with Crippen LogP contribution in [0.25, 0.3) is 65.4 Å². The number of furan rings is 2. The fourth-order valence-corrected chi connectivity index (χ4v) is 9.55. The van der Waals surface area contributed by atoms with E-state index in [1.165, 1.54) is 44.8 Å². The second-order valence-corrected chi connectivity index (χ2v) is 16.9. The van der Waals surface area contributed by atoms with E-state index in [0.717, 1.165) is 77.0 Å². The van der Waals surface area contributed by atoms with Crippen molar-refractivity contribution in [1.82, 2.24) is 0 Å². The van der Waals surface area contributed by atoms with Gasteiger partial charge in [0.25, 0.3) is 0 Å². The largest absolute Gasteiger partial charge is 0.456 e. The third kappa shape index (κ3) is 5.90. The van der Waals surface area contributed by atoms with Crippen LogP contribution in [0.15, 0.2) is 160 Å². The van der Waals surface area contributed by atoms with Crippen molar-refractivity contribution < 1.29 is 8.83 Å². The van der Waals surface area contributed by atoms with Crippen molar-refractivity contribution >= 4 is 99.5 Å². The van der Waals surface area contributed by atoms with Gasteiger partial charge in [0.05, 0.1) is 16.9 Å².